The summed E-state index contributed by atoms with van der Waals surface area (Å²) in [7, 11) is 0. The first kappa shape index (κ1) is 8.44. The van der Waals surface area contributed by atoms with Gasteiger partial charge in [-0.15, -0.1) is 0 Å². The fourth-order valence-corrected chi connectivity index (χ4v) is 1.63. The molecule has 13 heavy (non-hydrogen) atoms. The Bertz CT molecular complexity index is 412. The number of hydrogen-bond donors (Lipinski definition) is 1. The van der Waals surface area contributed by atoms with Crippen LogP contribution in [-0.4, -0.2) is 9.97 Å². The third-order valence-corrected chi connectivity index (χ3v) is 2.34. The Balaban J connectivity index is 2.53. The number of nitrogens with zero attached hydrogens (tertiary/aromatic N) is 1. The van der Waals surface area contributed by atoms with Crippen LogP contribution in [0.25, 0.3) is 11.4 Å². The van der Waals surface area contributed by atoms with Crippen molar-refractivity contribution in [3.63, 3.8) is 0 Å². The van der Waals surface area contributed by atoms with Gasteiger partial charge in [0.25, 0.3) is 0 Å². The summed E-state index contributed by atoms with van der Waals surface area (Å²) >= 11 is 3.27. The first-order valence-corrected chi connectivity index (χ1v) is 4.51. The molecule has 0 aliphatic carbocycles. The molecule has 0 radical (unpaired) electrons. The maximum atomic E-state index is 12.7. The summed E-state index contributed by atoms with van der Waals surface area (Å²) < 4.78 is 13.4. The van der Waals surface area contributed by atoms with Gasteiger partial charge in [-0.25, -0.2) is 9.37 Å². The number of aromatic nitrogens is 2. The third kappa shape index (κ3) is 1.62. The molecule has 0 saturated heterocycles. The van der Waals surface area contributed by atoms with Crippen molar-refractivity contribution in [3.05, 3.63) is 40.9 Å². The molecule has 0 atom stereocenters. The number of halogens is 2. The van der Waals surface area contributed by atoms with Crippen molar-refractivity contribution in [2.45, 2.75) is 0 Å². The molecule has 4 heteroatoms. The second-order valence-corrected chi connectivity index (χ2v) is 3.42. The van der Waals surface area contributed by atoms with Crippen LogP contribution in [0.2, 0.25) is 0 Å². The quantitative estimate of drug-likeness (QED) is 0.816. The Kier molecular flexibility index (Phi) is 2.14. The molecule has 1 heterocycles. The SMILES string of the molecule is Fc1ccc(-c2ncc[nH]2)c(Br)c1. The van der Waals surface area contributed by atoms with Crippen molar-refractivity contribution >= 4 is 15.9 Å². The van der Waals surface area contributed by atoms with Crippen LogP contribution in [0.5, 0.6) is 0 Å². The average Bonchev–Trinajstić information content (AvgIpc) is 2.56. The van der Waals surface area contributed by atoms with E-state index in [2.05, 4.69) is 25.9 Å². The minimum Gasteiger partial charge on any atom is -0.345 e. The first-order valence-electron chi connectivity index (χ1n) is 3.72. The fourth-order valence-electron chi connectivity index (χ4n) is 1.09. The van der Waals surface area contributed by atoms with Crippen LogP contribution >= 0.6 is 15.9 Å². The standard InChI is InChI=1S/C9H6BrFN2/c10-8-5-6(11)1-2-7(8)9-12-3-4-13-9/h1-5H,(H,12,13). The van der Waals surface area contributed by atoms with Crippen molar-refractivity contribution < 1.29 is 4.39 Å². The number of aromatic amines is 1. The third-order valence-electron chi connectivity index (χ3n) is 1.68. The Morgan fingerprint density at radius 3 is 2.85 bits per heavy atom. The summed E-state index contributed by atoms with van der Waals surface area (Å²) in [4.78, 5) is 7.02. The molecule has 2 aromatic rings. The number of benzene rings is 1. The maximum absolute atomic E-state index is 12.7. The normalized spacial score (nSPS) is 10.3. The van der Waals surface area contributed by atoms with Gasteiger partial charge in [0.1, 0.15) is 11.6 Å². The lowest BCUT2D eigenvalue weighted by Gasteiger charge is -1.99. The smallest absolute Gasteiger partial charge is 0.138 e. The molecule has 66 valence electrons. The molecular formula is C9H6BrFN2. The van der Waals surface area contributed by atoms with E-state index in [0.29, 0.717) is 4.47 Å². The Hall–Kier alpha value is -1.16. The molecule has 1 aromatic carbocycles. The molecule has 0 fully saturated rings. The molecule has 1 aromatic heterocycles. The largest absolute Gasteiger partial charge is 0.345 e. The van der Waals surface area contributed by atoms with Gasteiger partial charge in [0.2, 0.25) is 0 Å². The molecule has 0 saturated carbocycles. The summed E-state index contributed by atoms with van der Waals surface area (Å²) in [6.45, 7) is 0. The van der Waals surface area contributed by atoms with Crippen molar-refractivity contribution in [1.29, 1.82) is 0 Å². The van der Waals surface area contributed by atoms with E-state index in [0.717, 1.165) is 11.4 Å². The molecule has 0 amide bonds. The van der Waals surface area contributed by atoms with Gasteiger partial charge in [-0.3, -0.25) is 0 Å². The van der Waals surface area contributed by atoms with E-state index in [1.807, 2.05) is 0 Å². The number of nitrogens with one attached hydrogen (secondary N) is 1. The predicted molar refractivity (Wildman–Crippen MR) is 51.7 cm³/mol. The van der Waals surface area contributed by atoms with E-state index in [-0.39, 0.29) is 5.82 Å². The zero-order valence-corrected chi connectivity index (χ0v) is 8.18. The van der Waals surface area contributed by atoms with Crippen LogP contribution in [0.1, 0.15) is 0 Å². The van der Waals surface area contributed by atoms with Crippen LogP contribution in [-0.2, 0) is 0 Å². The summed E-state index contributed by atoms with van der Waals surface area (Å²) in [6.07, 6.45) is 3.39. The zero-order chi connectivity index (χ0) is 9.26. The highest BCUT2D eigenvalue weighted by molar-refractivity contribution is 9.10. The summed E-state index contributed by atoms with van der Waals surface area (Å²) in [5.41, 5.74) is 0.853. The van der Waals surface area contributed by atoms with Crippen molar-refractivity contribution in [1.82, 2.24) is 9.97 Å². The Labute approximate surface area is 83.0 Å². The minimum atomic E-state index is -0.262. The van der Waals surface area contributed by atoms with Crippen LogP contribution < -0.4 is 0 Å². The average molecular weight is 241 g/mol. The molecule has 0 unspecified atom stereocenters. The van der Waals surface area contributed by atoms with E-state index in [1.54, 1.807) is 18.5 Å². The van der Waals surface area contributed by atoms with Crippen molar-refractivity contribution in [3.8, 4) is 11.4 Å². The van der Waals surface area contributed by atoms with Crippen LogP contribution in [0.3, 0.4) is 0 Å². The van der Waals surface area contributed by atoms with Gasteiger partial charge in [-0.2, -0.15) is 0 Å². The van der Waals surface area contributed by atoms with E-state index >= 15 is 0 Å². The number of hydrogen-bond acceptors (Lipinski definition) is 1. The number of rotatable bonds is 1. The van der Waals surface area contributed by atoms with Crippen molar-refractivity contribution in [2.24, 2.45) is 0 Å². The molecule has 0 spiro atoms. The van der Waals surface area contributed by atoms with Gasteiger partial charge < -0.3 is 4.98 Å². The lowest BCUT2D eigenvalue weighted by atomic mass is 10.2. The Morgan fingerprint density at radius 2 is 2.23 bits per heavy atom. The lowest BCUT2D eigenvalue weighted by Crippen LogP contribution is -1.83. The van der Waals surface area contributed by atoms with E-state index in [4.69, 9.17) is 0 Å². The van der Waals surface area contributed by atoms with E-state index in [1.165, 1.54) is 12.1 Å². The minimum absolute atomic E-state index is 0.262. The van der Waals surface area contributed by atoms with Crippen LogP contribution in [0.4, 0.5) is 4.39 Å². The van der Waals surface area contributed by atoms with Gasteiger partial charge in [0.05, 0.1) is 0 Å². The molecule has 0 bridgehead atoms. The highest BCUT2D eigenvalue weighted by Gasteiger charge is 2.05. The fraction of sp³-hybridized carbons (Fsp3) is 0. The molecule has 1 N–H and O–H groups in total. The second-order valence-electron chi connectivity index (χ2n) is 2.56. The van der Waals surface area contributed by atoms with Crippen LogP contribution in [0, 0.1) is 5.82 Å². The monoisotopic (exact) mass is 240 g/mol. The topological polar surface area (TPSA) is 28.7 Å². The lowest BCUT2D eigenvalue weighted by molar-refractivity contribution is 0.627. The highest BCUT2D eigenvalue weighted by Crippen LogP contribution is 2.25. The Morgan fingerprint density at radius 1 is 1.38 bits per heavy atom. The number of imidazole rings is 1. The first-order chi connectivity index (χ1) is 6.27. The predicted octanol–water partition coefficient (Wildman–Crippen LogP) is 2.98. The summed E-state index contributed by atoms with van der Waals surface area (Å²) in [5, 5.41) is 0. The summed E-state index contributed by atoms with van der Waals surface area (Å²) in [5.74, 6) is 0.467. The summed E-state index contributed by atoms with van der Waals surface area (Å²) in [6, 6.07) is 4.50. The second kappa shape index (κ2) is 3.30. The van der Waals surface area contributed by atoms with E-state index < -0.39 is 0 Å². The van der Waals surface area contributed by atoms with Gasteiger partial charge in [-0.05, 0) is 34.1 Å². The molecule has 2 nitrogen and oxygen atoms in total. The van der Waals surface area contributed by atoms with Gasteiger partial charge in [0.15, 0.2) is 0 Å². The number of H-pyrrole nitrogens is 1. The van der Waals surface area contributed by atoms with Crippen molar-refractivity contribution in [2.75, 3.05) is 0 Å². The highest BCUT2D eigenvalue weighted by atomic mass is 79.9. The molecule has 2 rings (SSSR count). The van der Waals surface area contributed by atoms with Gasteiger partial charge in [0, 0.05) is 22.4 Å². The molecule has 0 aliphatic heterocycles. The molecule has 0 aliphatic rings. The van der Waals surface area contributed by atoms with Gasteiger partial charge >= 0.3 is 0 Å². The molecular weight excluding hydrogens is 235 g/mol. The van der Waals surface area contributed by atoms with E-state index in [9.17, 15) is 4.39 Å². The van der Waals surface area contributed by atoms with Crippen LogP contribution in [0.15, 0.2) is 35.1 Å². The maximum Gasteiger partial charge on any atom is 0.138 e. The van der Waals surface area contributed by atoms with Gasteiger partial charge in [-0.1, -0.05) is 0 Å². The zero-order valence-electron chi connectivity index (χ0n) is 6.59.